The van der Waals surface area contributed by atoms with Gasteiger partial charge in [0.25, 0.3) is 0 Å². The molecule has 1 fully saturated rings. The highest BCUT2D eigenvalue weighted by molar-refractivity contribution is 5.92. The molecule has 1 aliphatic heterocycles. The molecular formula is C31H37F5N4O5. The second-order valence-corrected chi connectivity index (χ2v) is 11.1. The van der Waals surface area contributed by atoms with Crippen LogP contribution in [0.15, 0.2) is 36.4 Å². The zero-order valence-corrected chi connectivity index (χ0v) is 25.3. The molecule has 2 N–H and O–H groups in total. The summed E-state index contributed by atoms with van der Waals surface area (Å²) in [6, 6.07) is 5.98. The van der Waals surface area contributed by atoms with Crippen molar-refractivity contribution in [2.75, 3.05) is 33.2 Å². The molecule has 0 radical (unpaired) electrons. The number of halogens is 5. The minimum absolute atomic E-state index is 0.00911. The Morgan fingerprint density at radius 2 is 1.58 bits per heavy atom. The van der Waals surface area contributed by atoms with Crippen LogP contribution in [0.4, 0.5) is 26.7 Å². The smallest absolute Gasteiger partial charge is 0.422 e. The van der Waals surface area contributed by atoms with Crippen LogP contribution in [0.1, 0.15) is 48.4 Å². The molecule has 2 aromatic carbocycles. The van der Waals surface area contributed by atoms with E-state index in [1.165, 1.54) is 11.9 Å². The second-order valence-electron chi connectivity index (χ2n) is 11.1. The topological polar surface area (TPSA) is 110 Å². The van der Waals surface area contributed by atoms with Gasteiger partial charge < -0.3 is 20.2 Å². The summed E-state index contributed by atoms with van der Waals surface area (Å²) in [6.45, 7) is 3.80. The van der Waals surface area contributed by atoms with Crippen molar-refractivity contribution in [2.45, 2.75) is 64.2 Å². The molecule has 0 aromatic heterocycles. The first-order chi connectivity index (χ1) is 21.1. The van der Waals surface area contributed by atoms with Crippen molar-refractivity contribution in [2.24, 2.45) is 0 Å². The minimum Gasteiger partial charge on any atom is -0.465 e. The molecule has 9 nitrogen and oxygen atoms in total. The van der Waals surface area contributed by atoms with Crippen molar-refractivity contribution in [3.63, 3.8) is 0 Å². The summed E-state index contributed by atoms with van der Waals surface area (Å²) in [4.78, 5) is 55.3. The van der Waals surface area contributed by atoms with Gasteiger partial charge in [0.1, 0.15) is 29.3 Å². The zero-order chi connectivity index (χ0) is 33.5. The quantitative estimate of drug-likeness (QED) is 0.335. The number of amides is 4. The minimum atomic E-state index is -5.23. The van der Waals surface area contributed by atoms with Gasteiger partial charge in [-0.2, -0.15) is 13.2 Å². The van der Waals surface area contributed by atoms with Gasteiger partial charge >= 0.3 is 12.3 Å². The number of likely N-dealkylation sites (N-methyl/N-ethyl adjacent to an activating group) is 2. The zero-order valence-electron chi connectivity index (χ0n) is 25.3. The molecule has 1 saturated heterocycles. The third-order valence-corrected chi connectivity index (χ3v) is 7.71. The van der Waals surface area contributed by atoms with Crippen LogP contribution in [0.5, 0.6) is 0 Å². The van der Waals surface area contributed by atoms with E-state index in [1.807, 2.05) is 19.1 Å². The maximum atomic E-state index is 14.1. The van der Waals surface area contributed by atoms with Crippen molar-refractivity contribution in [3.8, 4) is 0 Å². The molecule has 2 atom stereocenters. The number of benzene rings is 2. The first-order valence-electron chi connectivity index (χ1n) is 14.6. The Morgan fingerprint density at radius 3 is 2.09 bits per heavy atom. The van der Waals surface area contributed by atoms with E-state index < -0.39 is 65.8 Å². The summed E-state index contributed by atoms with van der Waals surface area (Å²) in [6.07, 6.45) is -5.42. The number of likely N-dealkylation sites (tertiary alicyclic amines) is 1. The van der Waals surface area contributed by atoms with E-state index >= 15 is 0 Å². The van der Waals surface area contributed by atoms with Crippen LogP contribution in [-0.4, -0.2) is 88.9 Å². The largest absolute Gasteiger partial charge is 0.465 e. The van der Waals surface area contributed by atoms with Crippen molar-refractivity contribution < 1.29 is 46.2 Å². The molecule has 246 valence electrons. The highest BCUT2D eigenvalue weighted by atomic mass is 19.4. The van der Waals surface area contributed by atoms with Gasteiger partial charge in [-0.05, 0) is 62.8 Å². The molecule has 0 spiro atoms. The van der Waals surface area contributed by atoms with Crippen molar-refractivity contribution in [1.29, 1.82) is 0 Å². The van der Waals surface area contributed by atoms with E-state index in [0.29, 0.717) is 30.8 Å². The van der Waals surface area contributed by atoms with E-state index in [9.17, 15) is 46.2 Å². The second kappa shape index (κ2) is 15.2. The lowest BCUT2D eigenvalue weighted by Crippen LogP contribution is -2.54. The molecule has 1 aliphatic rings. The fraction of sp³-hybridized carbons (Fsp3) is 0.484. The summed E-state index contributed by atoms with van der Waals surface area (Å²) in [7, 11) is 1.32. The molecule has 3 rings (SSSR count). The summed E-state index contributed by atoms with van der Waals surface area (Å²) < 4.78 is 67.2. The normalized spacial score (nSPS) is 14.5. The lowest BCUT2D eigenvalue weighted by atomic mass is 10.0. The molecule has 4 amide bonds. The summed E-state index contributed by atoms with van der Waals surface area (Å²) in [5, 5.41) is 12.3. The standard InChI is InChI=1S/C31H37F5N4O5/c1-4-40(30(44)45)25(17-20-9-7-19(2)8-10-20)29(43)38(3)18-26(41)37-24(28(42)39-13-5-6-14-39)12-11-21-15-22(32)27(23(33)16-21)31(34,35)36/h7-10,15-16,24-25H,4-6,11-14,17-18H2,1-3H3,(H,37,41)(H,44,45)/t24-,25-/m0/s1. The molecule has 0 bridgehead atoms. The number of hydrogen-bond donors (Lipinski definition) is 2. The molecule has 0 aliphatic carbocycles. The third kappa shape index (κ3) is 9.38. The van der Waals surface area contributed by atoms with Crippen LogP contribution < -0.4 is 5.32 Å². The van der Waals surface area contributed by atoms with E-state index in [2.05, 4.69) is 5.32 Å². The number of carboxylic acid groups (broad SMARTS) is 1. The summed E-state index contributed by atoms with van der Waals surface area (Å²) >= 11 is 0. The number of nitrogens with zero attached hydrogens (tertiary/aromatic N) is 3. The highest BCUT2D eigenvalue weighted by Crippen LogP contribution is 2.34. The van der Waals surface area contributed by atoms with Gasteiger partial charge in [0.15, 0.2) is 0 Å². The van der Waals surface area contributed by atoms with Crippen molar-refractivity contribution >= 4 is 23.8 Å². The van der Waals surface area contributed by atoms with E-state index in [4.69, 9.17) is 0 Å². The van der Waals surface area contributed by atoms with E-state index in [-0.39, 0.29) is 31.4 Å². The number of carbonyl (C=O) groups excluding carboxylic acids is 3. The Hall–Kier alpha value is -4.23. The maximum Gasteiger partial charge on any atom is 0.422 e. The van der Waals surface area contributed by atoms with Crippen LogP contribution in [0.25, 0.3) is 0 Å². The molecule has 14 heteroatoms. The monoisotopic (exact) mass is 640 g/mol. The van der Waals surface area contributed by atoms with Gasteiger partial charge in [-0.3, -0.25) is 19.3 Å². The van der Waals surface area contributed by atoms with Crippen LogP contribution in [0.3, 0.4) is 0 Å². The SMILES string of the molecule is CCN(C(=O)O)[C@@H](Cc1ccc(C)cc1)C(=O)N(C)CC(=O)N[C@@H](CCc1cc(F)c(C(F)(F)F)c(F)c1)C(=O)N1CCCC1. The van der Waals surface area contributed by atoms with Gasteiger partial charge in [-0.15, -0.1) is 0 Å². The predicted molar refractivity (Wildman–Crippen MR) is 154 cm³/mol. The number of aryl methyl sites for hydroxylation is 2. The van der Waals surface area contributed by atoms with Crippen LogP contribution >= 0.6 is 0 Å². The number of rotatable bonds is 12. The van der Waals surface area contributed by atoms with Crippen molar-refractivity contribution in [3.05, 3.63) is 70.3 Å². The molecule has 0 unspecified atom stereocenters. The average molecular weight is 641 g/mol. The molecule has 45 heavy (non-hydrogen) atoms. The van der Waals surface area contributed by atoms with Gasteiger partial charge in [-0.25, -0.2) is 13.6 Å². The molecule has 2 aromatic rings. The summed E-state index contributed by atoms with van der Waals surface area (Å²) in [5.41, 5.74) is -0.454. The Balaban J connectivity index is 1.75. The fourth-order valence-electron chi connectivity index (χ4n) is 5.32. The first kappa shape index (κ1) is 35.3. The lowest BCUT2D eigenvalue weighted by molar-refractivity contribution is -0.142. The fourth-order valence-corrected chi connectivity index (χ4v) is 5.32. The van der Waals surface area contributed by atoms with E-state index in [1.54, 1.807) is 19.1 Å². The number of carbonyl (C=O) groups is 4. The molecule has 0 saturated carbocycles. The van der Waals surface area contributed by atoms with Gasteiger partial charge in [0, 0.05) is 33.1 Å². The average Bonchev–Trinajstić information content (AvgIpc) is 3.49. The Kier molecular flexibility index (Phi) is 11.9. The van der Waals surface area contributed by atoms with Gasteiger partial charge in [0.05, 0.1) is 6.54 Å². The maximum absolute atomic E-state index is 14.1. The Bertz CT molecular complexity index is 1360. The van der Waals surface area contributed by atoms with Gasteiger partial charge in [-0.1, -0.05) is 29.8 Å². The van der Waals surface area contributed by atoms with Crippen LogP contribution in [0.2, 0.25) is 0 Å². The van der Waals surface area contributed by atoms with Crippen LogP contribution in [0, 0.1) is 18.6 Å². The summed E-state index contributed by atoms with van der Waals surface area (Å²) in [5.74, 6) is -5.43. The van der Waals surface area contributed by atoms with Crippen molar-refractivity contribution in [1.82, 2.24) is 20.0 Å². The van der Waals surface area contributed by atoms with Crippen LogP contribution in [-0.2, 0) is 33.4 Å². The number of alkyl halides is 3. The molecular weight excluding hydrogens is 603 g/mol. The Labute approximate surface area is 258 Å². The third-order valence-electron chi connectivity index (χ3n) is 7.71. The number of nitrogens with one attached hydrogen (secondary N) is 1. The lowest BCUT2D eigenvalue weighted by Gasteiger charge is -2.31. The molecule has 1 heterocycles. The number of hydrogen-bond acceptors (Lipinski definition) is 4. The van der Waals surface area contributed by atoms with Gasteiger partial charge in [0.2, 0.25) is 17.7 Å². The highest BCUT2D eigenvalue weighted by Gasteiger charge is 2.38. The Morgan fingerprint density at radius 1 is 1.00 bits per heavy atom. The van der Waals surface area contributed by atoms with E-state index in [0.717, 1.165) is 28.2 Å². The first-order valence-corrected chi connectivity index (χ1v) is 14.6. The predicted octanol–water partition coefficient (Wildman–Crippen LogP) is 4.40.